The molecule has 2 aromatic rings. The van der Waals surface area contributed by atoms with Crippen molar-refractivity contribution in [1.82, 2.24) is 9.78 Å². The van der Waals surface area contributed by atoms with Crippen LogP contribution in [0, 0.1) is 25.2 Å². The van der Waals surface area contributed by atoms with Gasteiger partial charge in [0, 0.05) is 18.8 Å². The summed E-state index contributed by atoms with van der Waals surface area (Å²) in [5, 5.41) is 14.8. The van der Waals surface area contributed by atoms with Crippen molar-refractivity contribution in [2.24, 2.45) is 5.41 Å². The van der Waals surface area contributed by atoms with E-state index >= 15 is 0 Å². The Kier molecular flexibility index (Phi) is 12.8. The van der Waals surface area contributed by atoms with Gasteiger partial charge in [-0.3, -0.25) is 13.9 Å². The highest BCUT2D eigenvalue weighted by Crippen LogP contribution is 2.38. The zero-order chi connectivity index (χ0) is 29.1. The lowest BCUT2D eigenvalue weighted by Crippen LogP contribution is -2.38. The highest BCUT2D eigenvalue weighted by molar-refractivity contribution is 7.92. The number of benzene rings is 1. The zero-order valence-electron chi connectivity index (χ0n) is 22.6. The molecule has 1 amide bonds. The van der Waals surface area contributed by atoms with Crippen molar-refractivity contribution in [3.8, 4) is 18.6 Å². The summed E-state index contributed by atoms with van der Waals surface area (Å²) in [5.41, 5.74) is 0.384. The summed E-state index contributed by atoms with van der Waals surface area (Å²) in [5.74, 6) is -0.643. The number of fused-ring (bicyclic) bond motifs is 1. The number of nitrogens with one attached hydrogen (secondary N) is 1. The van der Waals surface area contributed by atoms with Gasteiger partial charge in [-0.2, -0.15) is 5.10 Å². The smallest absolute Gasteiger partial charge is 0.308 e. The van der Waals surface area contributed by atoms with Gasteiger partial charge in [0.15, 0.2) is 6.30 Å². The summed E-state index contributed by atoms with van der Waals surface area (Å²) in [6.45, 7) is 13.4. The number of hydrogen-bond donors (Lipinski definition) is 2. The molecule has 1 aromatic heterocycles. The van der Waals surface area contributed by atoms with Gasteiger partial charge in [-0.25, -0.2) is 17.5 Å². The molecule has 0 bridgehead atoms. The highest BCUT2D eigenvalue weighted by Gasteiger charge is 2.33. The van der Waals surface area contributed by atoms with Gasteiger partial charge in [-0.1, -0.05) is 13.8 Å². The molecule has 0 saturated heterocycles. The van der Waals surface area contributed by atoms with E-state index in [0.717, 1.165) is 4.68 Å². The van der Waals surface area contributed by atoms with E-state index in [9.17, 15) is 22.4 Å². The van der Waals surface area contributed by atoms with E-state index in [2.05, 4.69) is 23.3 Å². The highest BCUT2D eigenvalue weighted by atomic mass is 32.2. The summed E-state index contributed by atoms with van der Waals surface area (Å²) in [6.07, 6.45) is 7.74. The van der Waals surface area contributed by atoms with Crippen molar-refractivity contribution in [3.05, 3.63) is 30.1 Å². The monoisotopic (exact) mass is 540 g/mol. The number of nitrogens with zero attached hydrogens (tertiary/aromatic N) is 3. The van der Waals surface area contributed by atoms with Crippen LogP contribution in [0.3, 0.4) is 0 Å². The van der Waals surface area contributed by atoms with E-state index < -0.39 is 27.7 Å². The maximum absolute atomic E-state index is 13.5. The predicted octanol–water partition coefficient (Wildman–Crippen LogP) is 4.62. The second-order valence-electron chi connectivity index (χ2n) is 8.48. The fourth-order valence-electron chi connectivity index (χ4n) is 2.74. The Bertz CT molecular complexity index is 1180. The van der Waals surface area contributed by atoms with Crippen LogP contribution in [-0.2, 0) is 19.6 Å². The number of ether oxygens (including phenoxy) is 1. The Morgan fingerprint density at radius 1 is 1.24 bits per heavy atom. The first-order valence-corrected chi connectivity index (χ1v) is 12.9. The number of aliphatic carboxylic acids is 1. The van der Waals surface area contributed by atoms with Gasteiger partial charge in [-0.15, -0.1) is 12.8 Å². The molecule has 0 saturated carbocycles. The van der Waals surface area contributed by atoms with Crippen molar-refractivity contribution in [1.29, 1.82) is 0 Å². The van der Waals surface area contributed by atoms with Crippen LogP contribution in [0.15, 0.2) is 29.3 Å². The lowest BCUT2D eigenvalue weighted by Gasteiger charge is -2.30. The van der Waals surface area contributed by atoms with Gasteiger partial charge in [0.05, 0.1) is 23.3 Å². The third-order valence-corrected chi connectivity index (χ3v) is 6.46. The molecule has 1 atom stereocenters. The van der Waals surface area contributed by atoms with Gasteiger partial charge < -0.3 is 15.2 Å². The largest absolute Gasteiger partial charge is 0.489 e. The van der Waals surface area contributed by atoms with Gasteiger partial charge in [-0.05, 0) is 52.8 Å². The number of carboxylic acid groups (broad SMARTS) is 1. The number of aryl methyl sites for hydroxylation is 1. The van der Waals surface area contributed by atoms with Crippen molar-refractivity contribution < 1.29 is 32.2 Å². The Morgan fingerprint density at radius 2 is 1.78 bits per heavy atom. The minimum absolute atomic E-state index is 0.0696. The van der Waals surface area contributed by atoms with E-state index in [4.69, 9.17) is 9.84 Å². The normalized spacial score (nSPS) is 13.0. The Morgan fingerprint density at radius 3 is 2.22 bits per heavy atom. The zero-order valence-corrected chi connectivity index (χ0v) is 23.4. The number of alkyl halides is 1. The number of carbonyl (C=O) groups excluding carboxylic acids is 1. The van der Waals surface area contributed by atoms with E-state index in [1.165, 1.54) is 37.3 Å². The van der Waals surface area contributed by atoms with Crippen LogP contribution in [0.2, 0.25) is 0 Å². The predicted molar refractivity (Wildman–Crippen MR) is 142 cm³/mol. The first-order valence-electron chi connectivity index (χ1n) is 11.5. The molecule has 0 fully saturated rings. The maximum atomic E-state index is 13.5. The third kappa shape index (κ3) is 9.09. The Labute approximate surface area is 218 Å². The molecule has 0 spiro atoms. The van der Waals surface area contributed by atoms with Crippen LogP contribution in [0.5, 0.6) is 5.75 Å². The number of rotatable bonds is 4. The van der Waals surface area contributed by atoms with Gasteiger partial charge in [0.2, 0.25) is 5.91 Å². The molecule has 37 heavy (non-hydrogen) atoms. The minimum Gasteiger partial charge on any atom is -0.489 e. The number of terminal acetylenes is 1. The van der Waals surface area contributed by atoms with Crippen molar-refractivity contribution in [2.45, 2.75) is 66.6 Å². The molecular formula is C25H37FN4O6S. The number of anilines is 2. The average molecular weight is 541 g/mol. The van der Waals surface area contributed by atoms with Crippen LogP contribution in [0.4, 0.5) is 15.8 Å². The summed E-state index contributed by atoms with van der Waals surface area (Å²) < 4.78 is 47.5. The molecule has 2 heterocycles. The Hall–Kier alpha value is -3.59. The third-order valence-electron chi connectivity index (χ3n) is 4.55. The summed E-state index contributed by atoms with van der Waals surface area (Å²) in [6, 6.07) is 4.76. The van der Waals surface area contributed by atoms with Crippen molar-refractivity contribution in [2.75, 3.05) is 22.8 Å². The number of halogens is 1. The minimum atomic E-state index is -3.97. The SMILES string of the molecule is C#C.CC.CC(=O)Nc1ccc2c(c1)N(S(=O)(=O)c1cn(C(C)F)nc1C)CCO2.CC(C)(C)C(=O)O. The molecule has 1 aromatic carbocycles. The lowest BCUT2D eigenvalue weighted by molar-refractivity contribution is -0.145. The summed E-state index contributed by atoms with van der Waals surface area (Å²) >= 11 is 0. The second-order valence-corrected chi connectivity index (χ2v) is 10.3. The number of hydrogen-bond acceptors (Lipinski definition) is 6. The van der Waals surface area contributed by atoms with Crippen LogP contribution >= 0.6 is 0 Å². The quantitative estimate of drug-likeness (QED) is 0.541. The van der Waals surface area contributed by atoms with Crippen molar-refractivity contribution >= 4 is 33.3 Å². The first-order chi connectivity index (χ1) is 17.1. The van der Waals surface area contributed by atoms with Gasteiger partial charge >= 0.3 is 5.97 Å². The number of carboxylic acids is 1. The first kappa shape index (κ1) is 33.4. The van der Waals surface area contributed by atoms with Gasteiger partial charge in [0.25, 0.3) is 10.0 Å². The van der Waals surface area contributed by atoms with Crippen molar-refractivity contribution in [3.63, 3.8) is 0 Å². The Balaban J connectivity index is 0.00000101. The molecule has 3 rings (SSSR count). The number of carbonyl (C=O) groups is 2. The standard InChI is InChI=1S/C16H19FN4O4S.C5H10O2.C2H6.C2H2/c1-10-16(9-20(19-10)11(2)17)26(23,24)21-6-7-25-15-5-4-13(8-14(15)21)18-12(3)22;1-5(2,3)4(6)7;2*1-2/h4-5,8-9,11H,6-7H2,1-3H3,(H,18,22);1-3H3,(H,6,7);1-2H3;1-2H. The molecule has 10 nitrogen and oxygen atoms in total. The van der Waals surface area contributed by atoms with Crippen LogP contribution < -0.4 is 14.4 Å². The lowest BCUT2D eigenvalue weighted by atomic mass is 9.98. The fraction of sp³-hybridized carbons (Fsp3) is 0.480. The van der Waals surface area contributed by atoms with Crippen LogP contribution in [0.25, 0.3) is 0 Å². The number of amides is 1. The van der Waals surface area contributed by atoms with E-state index in [1.54, 1.807) is 32.9 Å². The van der Waals surface area contributed by atoms with E-state index in [-0.39, 0.29) is 29.6 Å². The number of aromatic nitrogens is 2. The topological polar surface area (TPSA) is 131 Å². The molecule has 2 N–H and O–H groups in total. The molecule has 1 aliphatic heterocycles. The summed E-state index contributed by atoms with van der Waals surface area (Å²) in [4.78, 5) is 21.2. The van der Waals surface area contributed by atoms with E-state index in [1.807, 2.05) is 13.8 Å². The molecule has 1 unspecified atom stereocenters. The summed E-state index contributed by atoms with van der Waals surface area (Å²) in [7, 11) is -3.97. The molecule has 12 heteroatoms. The maximum Gasteiger partial charge on any atom is 0.308 e. The second kappa shape index (κ2) is 14.2. The molecule has 0 radical (unpaired) electrons. The average Bonchev–Trinajstić information content (AvgIpc) is 3.23. The fourth-order valence-corrected chi connectivity index (χ4v) is 4.35. The van der Waals surface area contributed by atoms with Gasteiger partial charge in [0.1, 0.15) is 17.3 Å². The molecular weight excluding hydrogens is 503 g/mol. The number of sulfonamides is 1. The molecule has 1 aliphatic rings. The van der Waals surface area contributed by atoms with E-state index in [0.29, 0.717) is 17.1 Å². The molecule has 206 valence electrons. The molecule has 0 aliphatic carbocycles. The van der Waals surface area contributed by atoms with Crippen LogP contribution in [-0.4, -0.2) is 48.3 Å². The van der Waals surface area contributed by atoms with Crippen LogP contribution in [0.1, 0.15) is 60.5 Å².